The lowest BCUT2D eigenvalue weighted by Gasteiger charge is -2.12. The molecule has 0 unspecified atom stereocenters. The minimum absolute atomic E-state index is 0.314. The first-order valence-electron chi connectivity index (χ1n) is 7.66. The number of ether oxygens (including phenoxy) is 2. The van der Waals surface area contributed by atoms with Crippen molar-refractivity contribution in [3.8, 4) is 17.6 Å². The summed E-state index contributed by atoms with van der Waals surface area (Å²) in [7, 11) is 1.54. The Hall–Kier alpha value is -3.00. The van der Waals surface area contributed by atoms with Gasteiger partial charge in [-0.15, -0.1) is 0 Å². The van der Waals surface area contributed by atoms with Gasteiger partial charge in [-0.05, 0) is 36.2 Å². The van der Waals surface area contributed by atoms with Gasteiger partial charge in [0.1, 0.15) is 17.6 Å². The first-order valence-corrected chi connectivity index (χ1v) is 7.66. The average molecular weight is 324 g/mol. The van der Waals surface area contributed by atoms with Gasteiger partial charge in [-0.1, -0.05) is 26.0 Å². The summed E-state index contributed by atoms with van der Waals surface area (Å²) in [6.45, 7) is 4.57. The van der Waals surface area contributed by atoms with Crippen molar-refractivity contribution in [1.82, 2.24) is 0 Å². The smallest absolute Gasteiger partial charge is 0.255 e. The Morgan fingerprint density at radius 2 is 1.96 bits per heavy atom. The van der Waals surface area contributed by atoms with Crippen molar-refractivity contribution in [2.75, 3.05) is 19.0 Å². The number of hydrogen-bond acceptors (Lipinski definition) is 4. The lowest BCUT2D eigenvalue weighted by atomic mass is 10.1. The van der Waals surface area contributed by atoms with Gasteiger partial charge in [0, 0.05) is 5.56 Å². The van der Waals surface area contributed by atoms with Gasteiger partial charge in [0.15, 0.2) is 0 Å². The summed E-state index contributed by atoms with van der Waals surface area (Å²) in [5.74, 6) is 1.10. The molecule has 0 spiro atoms. The molecule has 2 aromatic rings. The maximum atomic E-state index is 12.4. The highest BCUT2D eigenvalue weighted by Gasteiger charge is 2.13. The molecule has 0 heterocycles. The average Bonchev–Trinajstić information content (AvgIpc) is 2.60. The minimum Gasteiger partial charge on any atom is -0.495 e. The predicted octanol–water partition coefficient (Wildman–Crippen LogP) is 3.85. The van der Waals surface area contributed by atoms with Crippen molar-refractivity contribution in [3.05, 3.63) is 53.6 Å². The maximum Gasteiger partial charge on any atom is 0.255 e. The van der Waals surface area contributed by atoms with E-state index in [1.54, 1.807) is 31.4 Å². The zero-order valence-corrected chi connectivity index (χ0v) is 14.0. The van der Waals surface area contributed by atoms with Crippen LogP contribution in [0, 0.1) is 17.2 Å². The van der Waals surface area contributed by atoms with Gasteiger partial charge in [0.05, 0.1) is 25.0 Å². The number of nitrogens with one attached hydrogen (secondary N) is 1. The molecular formula is C19H20N2O3. The van der Waals surface area contributed by atoms with E-state index in [0.29, 0.717) is 40.8 Å². The monoisotopic (exact) mass is 324 g/mol. The van der Waals surface area contributed by atoms with Crippen molar-refractivity contribution in [1.29, 1.82) is 5.26 Å². The van der Waals surface area contributed by atoms with E-state index in [2.05, 4.69) is 11.4 Å². The van der Waals surface area contributed by atoms with Gasteiger partial charge in [-0.2, -0.15) is 5.26 Å². The van der Waals surface area contributed by atoms with Crippen molar-refractivity contribution >= 4 is 11.6 Å². The zero-order chi connectivity index (χ0) is 17.5. The molecule has 0 aliphatic carbocycles. The third kappa shape index (κ3) is 4.26. The molecule has 0 saturated heterocycles. The molecular weight excluding hydrogens is 304 g/mol. The quantitative estimate of drug-likeness (QED) is 0.876. The molecule has 0 radical (unpaired) electrons. The second-order valence-corrected chi connectivity index (χ2v) is 5.68. The summed E-state index contributed by atoms with van der Waals surface area (Å²) < 4.78 is 10.8. The van der Waals surface area contributed by atoms with Gasteiger partial charge >= 0.3 is 0 Å². The van der Waals surface area contributed by atoms with Crippen molar-refractivity contribution in [2.45, 2.75) is 13.8 Å². The molecule has 5 nitrogen and oxygen atoms in total. The fourth-order valence-electron chi connectivity index (χ4n) is 2.08. The first-order chi connectivity index (χ1) is 11.5. The largest absolute Gasteiger partial charge is 0.495 e. The number of hydrogen-bond donors (Lipinski definition) is 1. The van der Waals surface area contributed by atoms with Crippen molar-refractivity contribution in [2.24, 2.45) is 5.92 Å². The van der Waals surface area contributed by atoms with Crippen LogP contribution in [0.1, 0.15) is 29.8 Å². The molecule has 0 fully saturated rings. The van der Waals surface area contributed by atoms with Gasteiger partial charge in [0.2, 0.25) is 0 Å². The van der Waals surface area contributed by atoms with Crippen LogP contribution in [0.25, 0.3) is 0 Å². The number of amides is 1. The van der Waals surface area contributed by atoms with E-state index < -0.39 is 0 Å². The number of carbonyl (C=O) groups is 1. The number of benzene rings is 2. The second kappa shape index (κ2) is 8.02. The van der Waals surface area contributed by atoms with E-state index in [1.165, 1.54) is 6.07 Å². The number of para-hydroxylation sites is 2. The Bertz CT molecular complexity index is 763. The Morgan fingerprint density at radius 3 is 2.62 bits per heavy atom. The number of anilines is 1. The highest BCUT2D eigenvalue weighted by Crippen LogP contribution is 2.25. The molecule has 0 aliphatic rings. The summed E-state index contributed by atoms with van der Waals surface area (Å²) in [4.78, 5) is 12.4. The summed E-state index contributed by atoms with van der Waals surface area (Å²) >= 11 is 0. The second-order valence-electron chi connectivity index (χ2n) is 5.68. The zero-order valence-electron chi connectivity index (χ0n) is 14.0. The number of nitriles is 1. The van der Waals surface area contributed by atoms with Gasteiger partial charge < -0.3 is 14.8 Å². The fraction of sp³-hybridized carbons (Fsp3) is 0.263. The van der Waals surface area contributed by atoms with Crippen molar-refractivity contribution < 1.29 is 14.3 Å². The predicted molar refractivity (Wildman–Crippen MR) is 92.4 cm³/mol. The highest BCUT2D eigenvalue weighted by molar-refractivity contribution is 6.05. The molecule has 124 valence electrons. The molecule has 5 heteroatoms. The molecule has 24 heavy (non-hydrogen) atoms. The van der Waals surface area contributed by atoms with Crippen LogP contribution in [0.5, 0.6) is 11.5 Å². The van der Waals surface area contributed by atoms with Gasteiger partial charge in [-0.3, -0.25) is 4.79 Å². The number of nitrogens with zero attached hydrogens (tertiary/aromatic N) is 1. The fourth-order valence-corrected chi connectivity index (χ4v) is 2.08. The van der Waals surface area contributed by atoms with Crippen LogP contribution in [0.2, 0.25) is 0 Å². The Labute approximate surface area is 141 Å². The van der Waals surface area contributed by atoms with E-state index in [9.17, 15) is 10.1 Å². The summed E-state index contributed by atoms with van der Waals surface area (Å²) in [6.07, 6.45) is 0. The third-order valence-corrected chi connectivity index (χ3v) is 3.29. The van der Waals surface area contributed by atoms with E-state index >= 15 is 0 Å². The minimum atomic E-state index is -0.314. The third-order valence-electron chi connectivity index (χ3n) is 3.29. The van der Waals surface area contributed by atoms with Crippen LogP contribution >= 0.6 is 0 Å². The number of rotatable bonds is 6. The van der Waals surface area contributed by atoms with Crippen molar-refractivity contribution in [3.63, 3.8) is 0 Å². The Balaban J connectivity index is 2.19. The lowest BCUT2D eigenvalue weighted by Crippen LogP contribution is -2.13. The van der Waals surface area contributed by atoms with Crippen LogP contribution in [0.4, 0.5) is 5.69 Å². The topological polar surface area (TPSA) is 71.3 Å². The van der Waals surface area contributed by atoms with Crippen LogP contribution in [0.3, 0.4) is 0 Å². The molecule has 0 bridgehead atoms. The molecule has 0 saturated carbocycles. The van der Waals surface area contributed by atoms with E-state index in [4.69, 9.17) is 9.47 Å². The number of carbonyl (C=O) groups excluding carboxylic acids is 1. The molecule has 2 aromatic carbocycles. The van der Waals surface area contributed by atoms with E-state index in [-0.39, 0.29) is 5.91 Å². The Morgan fingerprint density at radius 1 is 1.21 bits per heavy atom. The summed E-state index contributed by atoms with van der Waals surface area (Å²) in [5.41, 5.74) is 1.29. The van der Waals surface area contributed by atoms with E-state index in [0.717, 1.165) is 0 Å². The number of methoxy groups -OCH3 is 1. The summed E-state index contributed by atoms with van der Waals surface area (Å²) in [5, 5.41) is 12.1. The van der Waals surface area contributed by atoms with E-state index in [1.807, 2.05) is 26.0 Å². The Kier molecular flexibility index (Phi) is 5.80. The first kappa shape index (κ1) is 17.4. The molecule has 0 aliphatic heterocycles. The lowest BCUT2D eigenvalue weighted by molar-refractivity contribution is 0.102. The standard InChI is InChI=1S/C19H20N2O3/c1-13(2)12-24-17-9-8-14(10-15(17)11-20)19(22)21-16-6-4-5-7-18(16)23-3/h4-10,13H,12H2,1-3H3,(H,21,22). The van der Waals surface area contributed by atoms with Crippen LogP contribution in [-0.4, -0.2) is 19.6 Å². The van der Waals surface area contributed by atoms with Crippen LogP contribution in [-0.2, 0) is 0 Å². The molecule has 0 aromatic heterocycles. The van der Waals surface area contributed by atoms with Gasteiger partial charge in [0.25, 0.3) is 5.91 Å². The molecule has 1 amide bonds. The molecule has 1 N–H and O–H groups in total. The molecule has 2 rings (SSSR count). The van der Waals surface area contributed by atoms with Crippen LogP contribution in [0.15, 0.2) is 42.5 Å². The van der Waals surface area contributed by atoms with Crippen LogP contribution < -0.4 is 14.8 Å². The maximum absolute atomic E-state index is 12.4. The SMILES string of the molecule is COc1ccccc1NC(=O)c1ccc(OCC(C)C)c(C#N)c1. The van der Waals surface area contributed by atoms with Gasteiger partial charge in [-0.25, -0.2) is 0 Å². The normalized spacial score (nSPS) is 10.1. The summed E-state index contributed by atoms with van der Waals surface area (Å²) in [6, 6.07) is 14.0. The molecule has 0 atom stereocenters. The highest BCUT2D eigenvalue weighted by atomic mass is 16.5.